The fourth-order valence-corrected chi connectivity index (χ4v) is 1.76. The van der Waals surface area contributed by atoms with Crippen LogP contribution < -0.4 is 4.74 Å². The maximum Gasteiger partial charge on any atom is 0.217 e. The van der Waals surface area contributed by atoms with Gasteiger partial charge in [0.25, 0.3) is 0 Å². The molecule has 0 saturated heterocycles. The summed E-state index contributed by atoms with van der Waals surface area (Å²) < 4.78 is 20.2. The zero-order valence-electron chi connectivity index (χ0n) is 10.4. The van der Waals surface area contributed by atoms with E-state index in [2.05, 4.69) is 5.10 Å². The van der Waals surface area contributed by atoms with Crippen LogP contribution in [0.15, 0.2) is 24.4 Å². The van der Waals surface area contributed by atoms with Crippen LogP contribution in [0.3, 0.4) is 0 Å². The molecule has 0 amide bonds. The Morgan fingerprint density at radius 3 is 2.78 bits per heavy atom. The molecular weight excluding hydrogens is 235 g/mol. The van der Waals surface area contributed by atoms with Crippen LogP contribution in [0, 0.1) is 12.7 Å². The van der Waals surface area contributed by atoms with Crippen molar-refractivity contribution in [1.82, 2.24) is 9.78 Å². The Hall–Kier alpha value is -2.17. The van der Waals surface area contributed by atoms with Gasteiger partial charge in [0.2, 0.25) is 5.78 Å². The van der Waals surface area contributed by atoms with Gasteiger partial charge >= 0.3 is 0 Å². The molecular formula is C13H13FN2O2. The minimum absolute atomic E-state index is 0.0162. The third-order valence-corrected chi connectivity index (χ3v) is 2.71. The predicted octanol–water partition coefficient (Wildman–Crippen LogP) is 2.11. The minimum Gasteiger partial charge on any atom is -0.493 e. The van der Waals surface area contributed by atoms with Crippen LogP contribution in [0.25, 0.3) is 0 Å². The van der Waals surface area contributed by atoms with Gasteiger partial charge < -0.3 is 4.74 Å². The van der Waals surface area contributed by atoms with E-state index in [9.17, 15) is 9.18 Å². The number of benzene rings is 1. The van der Waals surface area contributed by atoms with E-state index in [1.807, 2.05) is 0 Å². The van der Waals surface area contributed by atoms with E-state index in [4.69, 9.17) is 4.74 Å². The number of aromatic nitrogens is 2. The summed E-state index contributed by atoms with van der Waals surface area (Å²) in [5.41, 5.74) is 1.02. The molecule has 94 valence electrons. The Morgan fingerprint density at radius 2 is 2.17 bits per heavy atom. The number of ether oxygens (including phenoxy) is 1. The lowest BCUT2D eigenvalue weighted by Gasteiger charge is -2.06. The largest absolute Gasteiger partial charge is 0.493 e. The summed E-state index contributed by atoms with van der Waals surface area (Å²) in [7, 11) is 3.06. The highest BCUT2D eigenvalue weighted by Gasteiger charge is 2.21. The van der Waals surface area contributed by atoms with E-state index in [0.29, 0.717) is 5.75 Å². The molecule has 0 radical (unpaired) electrons. The molecule has 0 aliphatic heterocycles. The maximum absolute atomic E-state index is 13.8. The summed E-state index contributed by atoms with van der Waals surface area (Å²) in [6.45, 7) is 1.77. The smallest absolute Gasteiger partial charge is 0.217 e. The second-order valence-electron chi connectivity index (χ2n) is 4.00. The van der Waals surface area contributed by atoms with Crippen LogP contribution in [-0.4, -0.2) is 22.7 Å². The van der Waals surface area contributed by atoms with E-state index in [1.54, 1.807) is 20.0 Å². The van der Waals surface area contributed by atoms with Gasteiger partial charge in [-0.2, -0.15) is 5.10 Å². The van der Waals surface area contributed by atoms with E-state index >= 15 is 0 Å². The topological polar surface area (TPSA) is 44.1 Å². The van der Waals surface area contributed by atoms with Gasteiger partial charge in [-0.25, -0.2) is 4.39 Å². The first-order chi connectivity index (χ1) is 8.54. The molecule has 18 heavy (non-hydrogen) atoms. The monoisotopic (exact) mass is 248 g/mol. The summed E-state index contributed by atoms with van der Waals surface area (Å²) >= 11 is 0. The highest BCUT2D eigenvalue weighted by molar-refractivity contribution is 6.09. The Kier molecular flexibility index (Phi) is 3.14. The van der Waals surface area contributed by atoms with Gasteiger partial charge in [0, 0.05) is 7.05 Å². The summed E-state index contributed by atoms with van der Waals surface area (Å²) in [6, 6.07) is 4.49. The van der Waals surface area contributed by atoms with Gasteiger partial charge in [-0.3, -0.25) is 9.48 Å². The van der Waals surface area contributed by atoms with Crippen molar-refractivity contribution in [3.05, 3.63) is 47.0 Å². The molecule has 2 aromatic rings. The predicted molar refractivity (Wildman–Crippen MR) is 64.3 cm³/mol. The standard InChI is InChI=1S/C13H13FN2O2/c1-8-4-5-9(10(14)6-8)13(17)12-11(18-3)7-15-16(12)2/h4-7H,1-3H3. The molecule has 1 aromatic heterocycles. The Bertz CT molecular complexity index is 605. The SMILES string of the molecule is COc1cnn(C)c1C(=O)c1ccc(C)cc1F. The highest BCUT2D eigenvalue weighted by atomic mass is 19.1. The van der Waals surface area contributed by atoms with E-state index in [-0.39, 0.29) is 11.3 Å². The summed E-state index contributed by atoms with van der Waals surface area (Å²) in [6.07, 6.45) is 1.43. The number of aryl methyl sites for hydroxylation is 2. The fraction of sp³-hybridized carbons (Fsp3) is 0.231. The summed E-state index contributed by atoms with van der Waals surface area (Å²) in [5.74, 6) is -0.643. The third-order valence-electron chi connectivity index (χ3n) is 2.71. The number of nitrogens with zero attached hydrogens (tertiary/aromatic N) is 2. The average molecular weight is 248 g/mol. The van der Waals surface area contributed by atoms with Crippen LogP contribution in [0.4, 0.5) is 4.39 Å². The lowest BCUT2D eigenvalue weighted by molar-refractivity contribution is 0.102. The lowest BCUT2D eigenvalue weighted by atomic mass is 10.1. The van der Waals surface area contributed by atoms with Crippen LogP contribution in [-0.2, 0) is 7.05 Å². The molecule has 0 bridgehead atoms. The number of hydrogen-bond donors (Lipinski definition) is 0. The minimum atomic E-state index is -0.539. The van der Waals surface area contributed by atoms with E-state index < -0.39 is 11.6 Å². The number of rotatable bonds is 3. The zero-order chi connectivity index (χ0) is 13.3. The Balaban J connectivity index is 2.51. The molecule has 5 heteroatoms. The van der Waals surface area contributed by atoms with Gasteiger partial charge in [-0.05, 0) is 24.6 Å². The molecule has 0 unspecified atom stereocenters. The van der Waals surface area contributed by atoms with Crippen molar-refractivity contribution < 1.29 is 13.9 Å². The summed E-state index contributed by atoms with van der Waals surface area (Å²) in [4.78, 5) is 12.3. The molecule has 0 spiro atoms. The number of ketones is 1. The van der Waals surface area contributed by atoms with E-state index in [1.165, 1.54) is 30.1 Å². The van der Waals surface area contributed by atoms with Crippen LogP contribution >= 0.6 is 0 Å². The van der Waals surface area contributed by atoms with Crippen LogP contribution in [0.1, 0.15) is 21.6 Å². The molecule has 4 nitrogen and oxygen atoms in total. The normalized spacial score (nSPS) is 10.4. The fourth-order valence-electron chi connectivity index (χ4n) is 1.76. The van der Waals surface area contributed by atoms with Crippen molar-refractivity contribution in [1.29, 1.82) is 0 Å². The second-order valence-corrected chi connectivity index (χ2v) is 4.00. The molecule has 0 saturated carbocycles. The van der Waals surface area contributed by atoms with Gasteiger partial charge in [0.05, 0.1) is 18.9 Å². The van der Waals surface area contributed by atoms with Crippen molar-refractivity contribution in [3.63, 3.8) is 0 Å². The number of hydrogen-bond acceptors (Lipinski definition) is 3. The molecule has 1 heterocycles. The molecule has 1 aromatic carbocycles. The molecule has 0 N–H and O–H groups in total. The van der Waals surface area contributed by atoms with Crippen LogP contribution in [0.2, 0.25) is 0 Å². The van der Waals surface area contributed by atoms with Crippen molar-refractivity contribution in [2.75, 3.05) is 7.11 Å². The summed E-state index contributed by atoms with van der Waals surface area (Å²) in [5, 5.41) is 3.93. The average Bonchev–Trinajstić information content (AvgIpc) is 2.69. The lowest BCUT2D eigenvalue weighted by Crippen LogP contribution is -2.11. The van der Waals surface area contributed by atoms with Crippen LogP contribution in [0.5, 0.6) is 5.75 Å². The van der Waals surface area contributed by atoms with Crippen molar-refractivity contribution >= 4 is 5.78 Å². The Morgan fingerprint density at radius 1 is 1.44 bits per heavy atom. The maximum atomic E-state index is 13.8. The van der Waals surface area contributed by atoms with Crippen molar-refractivity contribution in [2.24, 2.45) is 7.05 Å². The zero-order valence-corrected chi connectivity index (χ0v) is 10.4. The van der Waals surface area contributed by atoms with Gasteiger partial charge in [-0.1, -0.05) is 6.07 Å². The van der Waals surface area contributed by atoms with E-state index in [0.717, 1.165) is 5.56 Å². The molecule has 0 fully saturated rings. The number of carbonyl (C=O) groups excluding carboxylic acids is 1. The molecule has 0 aliphatic carbocycles. The first-order valence-corrected chi connectivity index (χ1v) is 5.41. The molecule has 2 rings (SSSR count). The second kappa shape index (κ2) is 4.60. The van der Waals surface area contributed by atoms with Gasteiger partial charge in [-0.15, -0.1) is 0 Å². The number of carbonyl (C=O) groups is 1. The van der Waals surface area contributed by atoms with Gasteiger partial charge in [0.15, 0.2) is 11.4 Å². The highest BCUT2D eigenvalue weighted by Crippen LogP contribution is 2.22. The first-order valence-electron chi connectivity index (χ1n) is 5.41. The Labute approximate surface area is 104 Å². The number of halogens is 1. The molecule has 0 atom stereocenters. The third kappa shape index (κ3) is 1.99. The van der Waals surface area contributed by atoms with Crippen molar-refractivity contribution in [3.8, 4) is 5.75 Å². The van der Waals surface area contributed by atoms with Crippen molar-refractivity contribution in [2.45, 2.75) is 6.92 Å². The molecule has 0 aliphatic rings. The van der Waals surface area contributed by atoms with Gasteiger partial charge in [0.1, 0.15) is 5.82 Å². The number of methoxy groups -OCH3 is 1. The quantitative estimate of drug-likeness (QED) is 0.781. The first kappa shape index (κ1) is 12.3.